The highest BCUT2D eigenvalue weighted by Gasteiger charge is 2.17. The number of benzene rings is 2. The molecule has 0 bridgehead atoms. The van der Waals surface area contributed by atoms with Crippen molar-refractivity contribution in [1.82, 2.24) is 0 Å². The molecule has 0 unspecified atom stereocenters. The number of rotatable bonds is 8. The summed E-state index contributed by atoms with van der Waals surface area (Å²) in [6, 6.07) is 16.0. The standard InChI is InChI=1S/C20H18O6/c1-25-20(24)18(23)12-15(21)11-17(22)16-9-5-6-10-19(16)26-13-14-7-3-2-4-8-14/h2-10,12,23H,11,13H2,1H3/b18-12-. The van der Waals surface area contributed by atoms with Crippen molar-refractivity contribution >= 4 is 17.5 Å². The predicted octanol–water partition coefficient (Wildman–Crippen LogP) is 3.02. The van der Waals surface area contributed by atoms with E-state index in [0.29, 0.717) is 11.8 Å². The highest BCUT2D eigenvalue weighted by molar-refractivity contribution is 6.13. The quantitative estimate of drug-likeness (QED) is 0.258. The zero-order valence-corrected chi connectivity index (χ0v) is 14.2. The Morgan fingerprint density at radius 1 is 1.00 bits per heavy atom. The highest BCUT2D eigenvalue weighted by atomic mass is 16.5. The van der Waals surface area contributed by atoms with E-state index in [1.54, 1.807) is 24.3 Å². The van der Waals surface area contributed by atoms with Gasteiger partial charge in [-0.15, -0.1) is 0 Å². The first-order valence-electron chi connectivity index (χ1n) is 7.82. The van der Waals surface area contributed by atoms with E-state index in [9.17, 15) is 19.5 Å². The average molecular weight is 354 g/mol. The Morgan fingerprint density at radius 3 is 2.35 bits per heavy atom. The van der Waals surface area contributed by atoms with Crippen LogP contribution in [0.15, 0.2) is 66.4 Å². The van der Waals surface area contributed by atoms with E-state index in [-0.39, 0.29) is 12.2 Å². The molecule has 2 aromatic carbocycles. The van der Waals surface area contributed by atoms with Crippen molar-refractivity contribution in [3.8, 4) is 5.75 Å². The normalized spacial score (nSPS) is 10.9. The summed E-state index contributed by atoms with van der Waals surface area (Å²) in [6.07, 6.45) is 0.171. The lowest BCUT2D eigenvalue weighted by molar-refractivity contribution is -0.139. The van der Waals surface area contributed by atoms with Crippen molar-refractivity contribution in [2.24, 2.45) is 0 Å². The molecule has 0 saturated heterocycles. The minimum absolute atomic E-state index is 0.253. The number of carbonyl (C=O) groups excluding carboxylic acids is 3. The average Bonchev–Trinajstić information content (AvgIpc) is 2.66. The molecule has 0 amide bonds. The number of ether oxygens (including phenoxy) is 2. The van der Waals surface area contributed by atoms with Gasteiger partial charge in [-0.2, -0.15) is 0 Å². The molecule has 0 atom stereocenters. The van der Waals surface area contributed by atoms with Crippen molar-refractivity contribution in [2.75, 3.05) is 7.11 Å². The summed E-state index contributed by atoms with van der Waals surface area (Å²) in [5, 5.41) is 9.37. The SMILES string of the molecule is COC(=O)/C(O)=C/C(=O)CC(=O)c1ccccc1OCc1ccccc1. The molecular formula is C20H18O6. The Balaban J connectivity index is 2.07. The molecule has 0 saturated carbocycles. The number of esters is 1. The van der Waals surface area contributed by atoms with E-state index in [2.05, 4.69) is 4.74 Å². The molecule has 134 valence electrons. The van der Waals surface area contributed by atoms with Crippen molar-refractivity contribution in [3.05, 3.63) is 77.6 Å². The molecule has 0 heterocycles. The third-order valence-electron chi connectivity index (χ3n) is 3.45. The van der Waals surface area contributed by atoms with Crippen molar-refractivity contribution < 1.29 is 29.0 Å². The zero-order valence-electron chi connectivity index (χ0n) is 14.2. The van der Waals surface area contributed by atoms with E-state index in [0.717, 1.165) is 12.7 Å². The number of carbonyl (C=O) groups is 3. The molecule has 1 N–H and O–H groups in total. The first-order chi connectivity index (χ1) is 12.5. The van der Waals surface area contributed by atoms with Gasteiger partial charge in [0.2, 0.25) is 5.76 Å². The number of ketones is 2. The summed E-state index contributed by atoms with van der Waals surface area (Å²) >= 11 is 0. The molecule has 2 aromatic rings. The van der Waals surface area contributed by atoms with Gasteiger partial charge in [-0.25, -0.2) is 4.79 Å². The van der Waals surface area contributed by atoms with Gasteiger partial charge in [0, 0.05) is 6.08 Å². The van der Waals surface area contributed by atoms with Crippen LogP contribution in [0.5, 0.6) is 5.75 Å². The Hall–Kier alpha value is -3.41. The second kappa shape index (κ2) is 9.17. The predicted molar refractivity (Wildman–Crippen MR) is 93.9 cm³/mol. The summed E-state index contributed by atoms with van der Waals surface area (Å²) in [4.78, 5) is 35.3. The molecule has 6 nitrogen and oxygen atoms in total. The summed E-state index contributed by atoms with van der Waals surface area (Å²) in [6.45, 7) is 0.280. The van der Waals surface area contributed by atoms with Crippen LogP contribution < -0.4 is 4.74 Å². The van der Waals surface area contributed by atoms with Gasteiger partial charge in [0.15, 0.2) is 11.6 Å². The topological polar surface area (TPSA) is 89.9 Å². The number of hydrogen-bond donors (Lipinski definition) is 1. The maximum absolute atomic E-state index is 12.4. The van der Waals surface area contributed by atoms with Gasteiger partial charge in [0.05, 0.1) is 19.1 Å². The number of allylic oxidation sites excluding steroid dienone is 1. The van der Waals surface area contributed by atoms with E-state index < -0.39 is 29.7 Å². The zero-order chi connectivity index (χ0) is 18.9. The monoisotopic (exact) mass is 354 g/mol. The molecule has 0 aliphatic heterocycles. The molecule has 6 heteroatoms. The Bertz CT molecular complexity index is 823. The summed E-state index contributed by atoms with van der Waals surface area (Å²) in [7, 11) is 1.07. The van der Waals surface area contributed by atoms with Crippen LogP contribution in [0.2, 0.25) is 0 Å². The fourth-order valence-corrected chi connectivity index (χ4v) is 2.18. The molecule has 2 rings (SSSR count). The first kappa shape index (κ1) is 18.9. The van der Waals surface area contributed by atoms with Crippen LogP contribution in [0, 0.1) is 0 Å². The maximum Gasteiger partial charge on any atom is 0.373 e. The number of para-hydroxylation sites is 1. The molecule has 0 aliphatic rings. The summed E-state index contributed by atoms with van der Waals surface area (Å²) < 4.78 is 9.97. The van der Waals surface area contributed by atoms with Crippen LogP contribution in [0.4, 0.5) is 0 Å². The minimum Gasteiger partial charge on any atom is -0.502 e. The van der Waals surface area contributed by atoms with Crippen LogP contribution in [0.3, 0.4) is 0 Å². The maximum atomic E-state index is 12.4. The number of methoxy groups -OCH3 is 1. The van der Waals surface area contributed by atoms with Gasteiger partial charge in [0.1, 0.15) is 12.4 Å². The fraction of sp³-hybridized carbons (Fsp3) is 0.150. The number of Topliss-reactive ketones (excluding diaryl/α,β-unsaturated/α-hetero) is 1. The van der Waals surface area contributed by atoms with Crippen LogP contribution >= 0.6 is 0 Å². The van der Waals surface area contributed by atoms with Crippen LogP contribution in [0.1, 0.15) is 22.3 Å². The molecule has 0 aliphatic carbocycles. The van der Waals surface area contributed by atoms with E-state index in [1.807, 2.05) is 30.3 Å². The second-order valence-corrected chi connectivity index (χ2v) is 5.36. The molecule has 0 spiro atoms. The Labute approximate surface area is 150 Å². The van der Waals surface area contributed by atoms with Gasteiger partial charge in [-0.3, -0.25) is 9.59 Å². The van der Waals surface area contributed by atoms with E-state index >= 15 is 0 Å². The minimum atomic E-state index is -1.04. The largest absolute Gasteiger partial charge is 0.502 e. The van der Waals surface area contributed by atoms with Gasteiger partial charge in [0.25, 0.3) is 0 Å². The third kappa shape index (κ3) is 5.31. The summed E-state index contributed by atoms with van der Waals surface area (Å²) in [5.74, 6) is -2.73. The lowest BCUT2D eigenvalue weighted by atomic mass is 10.0. The number of aliphatic hydroxyl groups is 1. The highest BCUT2D eigenvalue weighted by Crippen LogP contribution is 2.21. The molecular weight excluding hydrogens is 336 g/mol. The van der Waals surface area contributed by atoms with Gasteiger partial charge in [-0.05, 0) is 17.7 Å². The lowest BCUT2D eigenvalue weighted by Crippen LogP contribution is -2.11. The molecule has 0 aromatic heterocycles. The molecule has 0 radical (unpaired) electrons. The van der Waals surface area contributed by atoms with Crippen molar-refractivity contribution in [2.45, 2.75) is 13.0 Å². The fourth-order valence-electron chi connectivity index (χ4n) is 2.18. The van der Waals surface area contributed by atoms with E-state index in [4.69, 9.17) is 4.74 Å². The first-order valence-corrected chi connectivity index (χ1v) is 7.82. The number of hydrogen-bond acceptors (Lipinski definition) is 6. The van der Waals surface area contributed by atoms with Crippen molar-refractivity contribution in [1.29, 1.82) is 0 Å². The second-order valence-electron chi connectivity index (χ2n) is 5.36. The van der Waals surface area contributed by atoms with Crippen LogP contribution in [-0.2, 0) is 20.9 Å². The molecule has 26 heavy (non-hydrogen) atoms. The van der Waals surface area contributed by atoms with E-state index in [1.165, 1.54) is 0 Å². The van der Waals surface area contributed by atoms with Crippen molar-refractivity contribution in [3.63, 3.8) is 0 Å². The third-order valence-corrected chi connectivity index (χ3v) is 3.45. The number of aliphatic hydroxyl groups excluding tert-OH is 1. The van der Waals surface area contributed by atoms with Crippen LogP contribution in [0.25, 0.3) is 0 Å². The van der Waals surface area contributed by atoms with Crippen LogP contribution in [-0.4, -0.2) is 29.8 Å². The molecule has 0 fully saturated rings. The van der Waals surface area contributed by atoms with Gasteiger partial charge >= 0.3 is 5.97 Å². The smallest absolute Gasteiger partial charge is 0.373 e. The Kier molecular flexibility index (Phi) is 6.68. The summed E-state index contributed by atoms with van der Waals surface area (Å²) in [5.41, 5.74) is 1.19. The van der Waals surface area contributed by atoms with Gasteiger partial charge in [-0.1, -0.05) is 42.5 Å². The van der Waals surface area contributed by atoms with Gasteiger partial charge < -0.3 is 14.6 Å². The Morgan fingerprint density at radius 2 is 1.65 bits per heavy atom. The lowest BCUT2D eigenvalue weighted by Gasteiger charge is -2.10.